The summed E-state index contributed by atoms with van der Waals surface area (Å²) in [5.74, 6) is 0.667. The van der Waals surface area contributed by atoms with Crippen LogP contribution in [-0.2, 0) is 9.31 Å². The Bertz CT molecular complexity index is 178. The zero-order valence-electron chi connectivity index (χ0n) is 9.42. The normalized spacial score (nSPS) is 29.1. The molecule has 0 aromatic rings. The first kappa shape index (κ1) is 10.5. The van der Waals surface area contributed by atoms with E-state index >= 15 is 0 Å². The van der Waals surface area contributed by atoms with Crippen LogP contribution in [0.4, 0.5) is 0 Å². The summed E-state index contributed by atoms with van der Waals surface area (Å²) in [6.07, 6.45) is 6.71. The van der Waals surface area contributed by atoms with Crippen molar-refractivity contribution in [2.75, 3.05) is 13.2 Å². The van der Waals surface area contributed by atoms with Crippen molar-refractivity contribution < 1.29 is 9.31 Å². The maximum atomic E-state index is 5.81. The molecule has 2 fully saturated rings. The van der Waals surface area contributed by atoms with Gasteiger partial charge >= 0.3 is 7.12 Å². The van der Waals surface area contributed by atoms with E-state index in [0.717, 1.165) is 13.2 Å². The lowest BCUT2D eigenvalue weighted by Crippen LogP contribution is -2.43. The molecule has 0 spiro atoms. The van der Waals surface area contributed by atoms with Gasteiger partial charge in [0.05, 0.1) is 0 Å². The fourth-order valence-electron chi connectivity index (χ4n) is 2.38. The molecule has 1 aliphatic carbocycles. The van der Waals surface area contributed by atoms with Crippen molar-refractivity contribution in [1.82, 2.24) is 0 Å². The molecule has 2 nitrogen and oxygen atoms in total. The van der Waals surface area contributed by atoms with Gasteiger partial charge in [0, 0.05) is 18.6 Å². The Balaban J connectivity index is 1.82. The predicted molar refractivity (Wildman–Crippen MR) is 58.3 cm³/mol. The van der Waals surface area contributed by atoms with Crippen molar-refractivity contribution in [2.45, 2.75) is 51.8 Å². The Hall–Kier alpha value is -0.0151. The van der Waals surface area contributed by atoms with Gasteiger partial charge in [-0.3, -0.25) is 0 Å². The van der Waals surface area contributed by atoms with E-state index in [0.29, 0.717) is 5.82 Å². The molecule has 2 rings (SSSR count). The fourth-order valence-corrected chi connectivity index (χ4v) is 2.38. The van der Waals surface area contributed by atoms with Gasteiger partial charge < -0.3 is 9.31 Å². The summed E-state index contributed by atoms with van der Waals surface area (Å²) in [7, 11) is 0.100. The molecular formula is C11H21BO2. The van der Waals surface area contributed by atoms with Gasteiger partial charge in [0.1, 0.15) is 0 Å². The smallest absolute Gasteiger partial charge is 0.410 e. The van der Waals surface area contributed by atoms with Crippen LogP contribution < -0.4 is 0 Å². The van der Waals surface area contributed by atoms with Crippen LogP contribution in [0.15, 0.2) is 0 Å². The van der Waals surface area contributed by atoms with Crippen molar-refractivity contribution in [3.63, 3.8) is 0 Å². The largest absolute Gasteiger partial charge is 0.460 e. The molecule has 1 heterocycles. The van der Waals surface area contributed by atoms with E-state index in [4.69, 9.17) is 9.31 Å². The third kappa shape index (κ3) is 2.51. The molecule has 1 saturated heterocycles. The van der Waals surface area contributed by atoms with E-state index in [1.807, 2.05) is 0 Å². The zero-order chi connectivity index (χ0) is 10.0. The van der Waals surface area contributed by atoms with E-state index in [1.165, 1.54) is 32.1 Å². The highest BCUT2D eigenvalue weighted by Crippen LogP contribution is 2.35. The van der Waals surface area contributed by atoms with Crippen LogP contribution in [0, 0.1) is 5.41 Å². The van der Waals surface area contributed by atoms with Gasteiger partial charge in [0.15, 0.2) is 0 Å². The Labute approximate surface area is 87.5 Å². The Morgan fingerprint density at radius 2 is 1.57 bits per heavy atom. The van der Waals surface area contributed by atoms with Crippen LogP contribution >= 0.6 is 0 Å². The van der Waals surface area contributed by atoms with Crippen molar-refractivity contribution in [1.29, 1.82) is 0 Å². The first-order chi connectivity index (χ1) is 6.67. The van der Waals surface area contributed by atoms with Gasteiger partial charge in [0.25, 0.3) is 0 Å². The van der Waals surface area contributed by atoms with Crippen LogP contribution in [0.1, 0.15) is 46.0 Å². The second kappa shape index (κ2) is 4.24. The Kier molecular flexibility index (Phi) is 3.18. The van der Waals surface area contributed by atoms with Crippen molar-refractivity contribution in [3.05, 3.63) is 0 Å². The molecule has 1 saturated carbocycles. The highest BCUT2D eigenvalue weighted by Gasteiger charge is 2.38. The average Bonchev–Trinajstić information content (AvgIpc) is 2.19. The summed E-state index contributed by atoms with van der Waals surface area (Å²) < 4.78 is 11.6. The molecule has 0 aromatic carbocycles. The Morgan fingerprint density at radius 3 is 2.14 bits per heavy atom. The summed E-state index contributed by atoms with van der Waals surface area (Å²) in [5, 5.41) is 0. The summed E-state index contributed by atoms with van der Waals surface area (Å²) >= 11 is 0. The minimum absolute atomic E-state index is 0.100. The van der Waals surface area contributed by atoms with Crippen molar-refractivity contribution in [2.24, 2.45) is 5.41 Å². The first-order valence-electron chi connectivity index (χ1n) is 5.91. The van der Waals surface area contributed by atoms with Gasteiger partial charge in [-0.25, -0.2) is 0 Å². The number of rotatable bonds is 1. The molecule has 3 heteroatoms. The summed E-state index contributed by atoms with van der Waals surface area (Å²) in [6.45, 7) is 6.11. The first-order valence-corrected chi connectivity index (χ1v) is 5.91. The molecular weight excluding hydrogens is 175 g/mol. The van der Waals surface area contributed by atoms with Gasteiger partial charge in [0.2, 0.25) is 0 Å². The van der Waals surface area contributed by atoms with Crippen molar-refractivity contribution >= 4 is 7.12 Å². The van der Waals surface area contributed by atoms with E-state index in [9.17, 15) is 0 Å². The minimum Gasteiger partial charge on any atom is -0.410 e. The molecule has 0 aromatic heterocycles. The van der Waals surface area contributed by atoms with Crippen LogP contribution in [0.3, 0.4) is 0 Å². The molecule has 0 radical (unpaired) electrons. The van der Waals surface area contributed by atoms with E-state index in [-0.39, 0.29) is 12.5 Å². The van der Waals surface area contributed by atoms with Crippen LogP contribution in [0.25, 0.3) is 0 Å². The third-order valence-corrected chi connectivity index (χ3v) is 3.31. The average molecular weight is 196 g/mol. The van der Waals surface area contributed by atoms with Crippen LogP contribution in [0.2, 0.25) is 5.82 Å². The lowest BCUT2D eigenvalue weighted by molar-refractivity contribution is 0.0221. The van der Waals surface area contributed by atoms with Crippen LogP contribution in [0.5, 0.6) is 0 Å². The quantitative estimate of drug-likeness (QED) is 0.600. The molecule has 0 N–H and O–H groups in total. The van der Waals surface area contributed by atoms with E-state index in [2.05, 4.69) is 13.8 Å². The zero-order valence-corrected chi connectivity index (χ0v) is 9.42. The molecule has 0 atom stereocenters. The second-order valence-electron chi connectivity index (χ2n) is 5.55. The maximum Gasteiger partial charge on any atom is 0.460 e. The molecule has 2 aliphatic rings. The Morgan fingerprint density at radius 1 is 1.00 bits per heavy atom. The van der Waals surface area contributed by atoms with Gasteiger partial charge in [-0.15, -0.1) is 0 Å². The van der Waals surface area contributed by atoms with Crippen molar-refractivity contribution in [3.8, 4) is 0 Å². The molecule has 0 unspecified atom stereocenters. The monoisotopic (exact) mass is 196 g/mol. The SMILES string of the molecule is CC1(C)COB(C2CCCCC2)OC1. The molecule has 1 aliphatic heterocycles. The molecule has 0 bridgehead atoms. The highest BCUT2D eigenvalue weighted by molar-refractivity contribution is 6.46. The fraction of sp³-hybridized carbons (Fsp3) is 1.00. The number of hydrogen-bond acceptors (Lipinski definition) is 2. The summed E-state index contributed by atoms with van der Waals surface area (Å²) in [6, 6.07) is 0. The summed E-state index contributed by atoms with van der Waals surface area (Å²) in [4.78, 5) is 0. The summed E-state index contributed by atoms with van der Waals surface area (Å²) in [5.41, 5.74) is 0.213. The molecule has 14 heavy (non-hydrogen) atoms. The maximum absolute atomic E-state index is 5.81. The van der Waals surface area contributed by atoms with E-state index in [1.54, 1.807) is 0 Å². The second-order valence-corrected chi connectivity index (χ2v) is 5.55. The minimum atomic E-state index is 0.100. The van der Waals surface area contributed by atoms with Gasteiger partial charge in [-0.05, 0) is 5.82 Å². The highest BCUT2D eigenvalue weighted by atomic mass is 16.6. The van der Waals surface area contributed by atoms with Crippen LogP contribution in [-0.4, -0.2) is 20.3 Å². The third-order valence-electron chi connectivity index (χ3n) is 3.31. The lowest BCUT2D eigenvalue weighted by Gasteiger charge is -2.37. The topological polar surface area (TPSA) is 18.5 Å². The number of hydrogen-bond donors (Lipinski definition) is 0. The van der Waals surface area contributed by atoms with Gasteiger partial charge in [-0.1, -0.05) is 46.0 Å². The molecule has 0 amide bonds. The van der Waals surface area contributed by atoms with Gasteiger partial charge in [-0.2, -0.15) is 0 Å². The lowest BCUT2D eigenvalue weighted by atomic mass is 9.63. The molecule has 80 valence electrons. The predicted octanol–water partition coefficient (Wildman–Crippen LogP) is 2.88. The van der Waals surface area contributed by atoms with E-state index < -0.39 is 0 Å². The standard InChI is InChI=1S/C11H21BO2/c1-11(2)8-13-12(14-9-11)10-6-4-3-5-7-10/h10H,3-9H2,1-2H3.